The van der Waals surface area contributed by atoms with Crippen LogP contribution >= 0.6 is 0 Å². The van der Waals surface area contributed by atoms with Crippen LogP contribution in [0.2, 0.25) is 0 Å². The highest BCUT2D eigenvalue weighted by Gasteiger charge is 2.17. The third-order valence-electron chi connectivity index (χ3n) is 7.73. The number of benzene rings is 6. The van der Waals surface area contributed by atoms with Crippen molar-refractivity contribution in [2.24, 2.45) is 0 Å². The summed E-state index contributed by atoms with van der Waals surface area (Å²) in [7, 11) is 0. The maximum absolute atomic E-state index is 4.92. The summed E-state index contributed by atoms with van der Waals surface area (Å²) >= 11 is 0. The number of fused-ring (bicyclic) bond motifs is 3. The van der Waals surface area contributed by atoms with Crippen LogP contribution in [0.4, 0.5) is 0 Å². The summed E-state index contributed by atoms with van der Waals surface area (Å²) in [4.78, 5) is 5.99. The second kappa shape index (κ2) is 9.54. The molecule has 6 aromatic carbocycles. The fraction of sp³-hybridized carbons (Fsp3) is 0. The van der Waals surface area contributed by atoms with Crippen LogP contribution in [0.1, 0.15) is 0 Å². The molecular weight excluding hydrogens is 500 g/mol. The molecule has 0 N–H and O–H groups in total. The standard InChI is InChI=1S/C37H24N4/c1-2-10-25(11-3-1)36-30-15-4-6-17-32(30)37(33-18-7-5-16-31(33)36)27-19-20-34-35(23-27)40-41(39-34)29-14-8-12-26(22-29)28-13-9-21-38-24-28/h1-24H. The van der Waals surface area contributed by atoms with Crippen molar-refractivity contribution in [1.82, 2.24) is 20.0 Å². The van der Waals surface area contributed by atoms with E-state index in [2.05, 4.69) is 120 Å². The van der Waals surface area contributed by atoms with E-state index in [0.29, 0.717) is 0 Å². The van der Waals surface area contributed by atoms with Crippen molar-refractivity contribution in [3.05, 3.63) is 146 Å². The molecule has 8 rings (SSSR count). The first-order valence-corrected chi connectivity index (χ1v) is 13.7. The SMILES string of the molecule is c1ccc(-c2c3ccccc3c(-c3ccc4nn(-c5cccc(-c6cccnc6)c5)nc4c3)c3ccccc23)cc1. The molecule has 0 atom stereocenters. The van der Waals surface area contributed by atoms with Gasteiger partial charge in [-0.15, -0.1) is 10.2 Å². The zero-order valence-electron chi connectivity index (χ0n) is 22.1. The van der Waals surface area contributed by atoms with Crippen molar-refractivity contribution in [3.8, 4) is 39.1 Å². The molecule has 0 radical (unpaired) electrons. The summed E-state index contributed by atoms with van der Waals surface area (Å²) in [6.07, 6.45) is 3.66. The smallest absolute Gasteiger partial charge is 0.114 e. The fourth-order valence-electron chi connectivity index (χ4n) is 5.88. The highest BCUT2D eigenvalue weighted by molar-refractivity contribution is 6.21. The Kier molecular flexibility index (Phi) is 5.42. The van der Waals surface area contributed by atoms with Crippen molar-refractivity contribution in [1.29, 1.82) is 0 Å². The molecule has 41 heavy (non-hydrogen) atoms. The monoisotopic (exact) mass is 524 g/mol. The number of hydrogen-bond donors (Lipinski definition) is 0. The average Bonchev–Trinajstić information content (AvgIpc) is 3.48. The Hall–Kier alpha value is -5.61. The minimum atomic E-state index is 0.856. The molecule has 0 aliphatic heterocycles. The van der Waals surface area contributed by atoms with E-state index in [4.69, 9.17) is 10.2 Å². The third-order valence-corrected chi connectivity index (χ3v) is 7.73. The minimum absolute atomic E-state index is 0.856. The van der Waals surface area contributed by atoms with Crippen LogP contribution in [0.15, 0.2) is 146 Å². The van der Waals surface area contributed by atoms with Crippen molar-refractivity contribution >= 4 is 32.6 Å². The van der Waals surface area contributed by atoms with E-state index in [9.17, 15) is 0 Å². The van der Waals surface area contributed by atoms with Gasteiger partial charge in [0.05, 0.1) is 5.69 Å². The van der Waals surface area contributed by atoms with Crippen LogP contribution in [-0.2, 0) is 0 Å². The van der Waals surface area contributed by atoms with E-state index in [-0.39, 0.29) is 0 Å². The number of hydrogen-bond acceptors (Lipinski definition) is 3. The van der Waals surface area contributed by atoms with Gasteiger partial charge in [-0.3, -0.25) is 4.98 Å². The van der Waals surface area contributed by atoms with E-state index < -0.39 is 0 Å². The highest BCUT2D eigenvalue weighted by atomic mass is 15.5. The van der Waals surface area contributed by atoms with Gasteiger partial charge in [-0.2, -0.15) is 4.80 Å². The Morgan fingerprint density at radius 1 is 0.415 bits per heavy atom. The topological polar surface area (TPSA) is 43.6 Å². The Morgan fingerprint density at radius 3 is 1.71 bits per heavy atom. The summed E-state index contributed by atoms with van der Waals surface area (Å²) in [5.74, 6) is 0. The largest absolute Gasteiger partial charge is 0.264 e. The molecule has 0 saturated heterocycles. The molecule has 192 valence electrons. The fourth-order valence-corrected chi connectivity index (χ4v) is 5.88. The van der Waals surface area contributed by atoms with Gasteiger partial charge in [0, 0.05) is 18.0 Å². The van der Waals surface area contributed by atoms with Crippen LogP contribution in [-0.4, -0.2) is 20.0 Å². The van der Waals surface area contributed by atoms with Gasteiger partial charge in [0.2, 0.25) is 0 Å². The van der Waals surface area contributed by atoms with Gasteiger partial charge in [-0.05, 0) is 79.7 Å². The molecule has 4 nitrogen and oxygen atoms in total. The van der Waals surface area contributed by atoms with E-state index >= 15 is 0 Å². The molecule has 8 aromatic rings. The molecule has 0 aliphatic rings. The molecule has 2 heterocycles. The van der Waals surface area contributed by atoms with Crippen LogP contribution < -0.4 is 0 Å². The van der Waals surface area contributed by atoms with Crippen LogP contribution in [0.5, 0.6) is 0 Å². The predicted octanol–water partition coefficient (Wildman–Crippen LogP) is 9.12. The van der Waals surface area contributed by atoms with E-state index in [0.717, 1.165) is 33.4 Å². The maximum atomic E-state index is 4.92. The van der Waals surface area contributed by atoms with Gasteiger partial charge < -0.3 is 0 Å². The van der Waals surface area contributed by atoms with Crippen molar-refractivity contribution in [2.75, 3.05) is 0 Å². The predicted molar refractivity (Wildman–Crippen MR) is 168 cm³/mol. The molecule has 0 unspecified atom stereocenters. The Balaban J connectivity index is 1.31. The molecule has 0 spiro atoms. The molecule has 0 amide bonds. The summed E-state index contributed by atoms with van der Waals surface area (Å²) in [5.41, 5.74) is 9.59. The second-order valence-corrected chi connectivity index (χ2v) is 10.2. The van der Waals surface area contributed by atoms with Gasteiger partial charge in [0.25, 0.3) is 0 Å². The zero-order valence-corrected chi connectivity index (χ0v) is 22.1. The number of aromatic nitrogens is 4. The number of pyridine rings is 1. The average molecular weight is 525 g/mol. The first kappa shape index (κ1) is 23.3. The molecular formula is C37H24N4. The lowest BCUT2D eigenvalue weighted by atomic mass is 9.86. The van der Waals surface area contributed by atoms with Gasteiger partial charge in [-0.1, -0.05) is 103 Å². The summed E-state index contributed by atoms with van der Waals surface area (Å²) in [6.45, 7) is 0. The molecule has 0 fully saturated rings. The number of nitrogens with zero attached hydrogens (tertiary/aromatic N) is 4. The second-order valence-electron chi connectivity index (χ2n) is 10.2. The molecule has 0 bridgehead atoms. The lowest BCUT2D eigenvalue weighted by Gasteiger charge is -2.17. The van der Waals surface area contributed by atoms with Crippen molar-refractivity contribution < 1.29 is 0 Å². The number of rotatable bonds is 4. The summed E-state index contributed by atoms with van der Waals surface area (Å²) < 4.78 is 0. The Morgan fingerprint density at radius 2 is 1.02 bits per heavy atom. The third kappa shape index (κ3) is 3.97. The van der Waals surface area contributed by atoms with E-state index in [1.165, 1.54) is 38.2 Å². The lowest BCUT2D eigenvalue weighted by molar-refractivity contribution is 0.766. The normalized spacial score (nSPS) is 11.4. The highest BCUT2D eigenvalue weighted by Crippen LogP contribution is 2.43. The van der Waals surface area contributed by atoms with Crippen molar-refractivity contribution in [3.63, 3.8) is 0 Å². The van der Waals surface area contributed by atoms with E-state index in [1.54, 1.807) is 11.0 Å². The van der Waals surface area contributed by atoms with Gasteiger partial charge in [-0.25, -0.2) is 0 Å². The van der Waals surface area contributed by atoms with Gasteiger partial charge >= 0.3 is 0 Å². The molecule has 0 aliphatic carbocycles. The molecule has 0 saturated carbocycles. The van der Waals surface area contributed by atoms with Gasteiger partial charge in [0.15, 0.2) is 0 Å². The molecule has 2 aromatic heterocycles. The quantitative estimate of drug-likeness (QED) is 0.216. The Bertz CT molecular complexity index is 2140. The first-order chi connectivity index (χ1) is 20.3. The maximum Gasteiger partial charge on any atom is 0.114 e. The van der Waals surface area contributed by atoms with Crippen LogP contribution in [0, 0.1) is 0 Å². The van der Waals surface area contributed by atoms with Crippen LogP contribution in [0.3, 0.4) is 0 Å². The first-order valence-electron chi connectivity index (χ1n) is 13.7. The minimum Gasteiger partial charge on any atom is -0.264 e. The molecule has 4 heteroatoms. The van der Waals surface area contributed by atoms with Crippen molar-refractivity contribution in [2.45, 2.75) is 0 Å². The van der Waals surface area contributed by atoms with Crippen LogP contribution in [0.25, 0.3) is 71.6 Å². The lowest BCUT2D eigenvalue weighted by Crippen LogP contribution is -1.98. The summed E-state index contributed by atoms with van der Waals surface area (Å²) in [5, 5.41) is 14.7. The van der Waals surface area contributed by atoms with E-state index in [1.807, 2.05) is 24.4 Å². The summed E-state index contributed by atoms with van der Waals surface area (Å²) in [6, 6.07) is 46.8. The van der Waals surface area contributed by atoms with Gasteiger partial charge in [0.1, 0.15) is 11.0 Å². The Labute approximate surface area is 237 Å². The zero-order chi connectivity index (χ0) is 27.2.